The quantitative estimate of drug-likeness (QED) is 0.841. The van der Waals surface area contributed by atoms with Crippen LogP contribution in [0.3, 0.4) is 0 Å². The number of hydrogen-bond donors (Lipinski definition) is 2. The lowest BCUT2D eigenvalue weighted by Crippen LogP contribution is -2.35. The Morgan fingerprint density at radius 3 is 2.29 bits per heavy atom. The number of aliphatic hydroxyl groups excluding tert-OH is 1. The summed E-state index contributed by atoms with van der Waals surface area (Å²) in [6.45, 7) is 0.716. The molecule has 1 fully saturated rings. The Kier molecular flexibility index (Phi) is 5.70. The number of hydrogen-bond acceptors (Lipinski definition) is 5. The molecular weight excluding hydrogens is 270 g/mol. The van der Waals surface area contributed by atoms with Crippen LogP contribution in [0.25, 0.3) is 0 Å². The van der Waals surface area contributed by atoms with E-state index in [0.717, 1.165) is 31.2 Å². The zero-order valence-electron chi connectivity index (χ0n) is 13.0. The summed E-state index contributed by atoms with van der Waals surface area (Å²) < 4.78 is 16.0. The summed E-state index contributed by atoms with van der Waals surface area (Å²) in [4.78, 5) is 0. The molecule has 0 amide bonds. The molecule has 1 aromatic carbocycles. The number of nitrogens with one attached hydrogen (secondary N) is 1. The summed E-state index contributed by atoms with van der Waals surface area (Å²) >= 11 is 0. The molecule has 1 saturated carbocycles. The fraction of sp³-hybridized carbons (Fsp3) is 0.625. The second-order valence-corrected chi connectivity index (χ2v) is 5.43. The monoisotopic (exact) mass is 295 g/mol. The smallest absolute Gasteiger partial charge is 0.203 e. The highest BCUT2D eigenvalue weighted by molar-refractivity contribution is 5.53. The minimum atomic E-state index is -0.170. The van der Waals surface area contributed by atoms with Crippen LogP contribution in [0.15, 0.2) is 12.1 Å². The molecule has 1 aliphatic carbocycles. The molecule has 2 N–H and O–H groups in total. The summed E-state index contributed by atoms with van der Waals surface area (Å²) in [7, 11) is 4.83. The highest BCUT2D eigenvalue weighted by Crippen LogP contribution is 2.38. The fourth-order valence-corrected chi connectivity index (χ4v) is 2.85. The summed E-state index contributed by atoms with van der Waals surface area (Å²) in [5, 5.41) is 13.2. The lowest BCUT2D eigenvalue weighted by Gasteiger charge is -2.27. The van der Waals surface area contributed by atoms with E-state index in [2.05, 4.69) is 5.32 Å². The van der Waals surface area contributed by atoms with E-state index in [0.29, 0.717) is 29.8 Å². The fourth-order valence-electron chi connectivity index (χ4n) is 2.85. The molecule has 0 radical (unpaired) electrons. The Balaban J connectivity index is 2.05. The first-order valence-corrected chi connectivity index (χ1v) is 7.38. The Hall–Kier alpha value is -1.46. The molecule has 0 heterocycles. The molecule has 0 aliphatic heterocycles. The molecule has 0 saturated heterocycles. The van der Waals surface area contributed by atoms with E-state index in [1.807, 2.05) is 12.1 Å². The van der Waals surface area contributed by atoms with Gasteiger partial charge in [0.2, 0.25) is 5.75 Å². The van der Waals surface area contributed by atoms with Crippen LogP contribution in [-0.4, -0.2) is 38.6 Å². The first-order chi connectivity index (χ1) is 10.2. The van der Waals surface area contributed by atoms with Gasteiger partial charge in [-0.25, -0.2) is 0 Å². The van der Waals surface area contributed by atoms with Crippen LogP contribution in [0, 0.1) is 0 Å². The van der Waals surface area contributed by atoms with E-state index >= 15 is 0 Å². The van der Waals surface area contributed by atoms with E-state index in [1.165, 1.54) is 0 Å². The average Bonchev–Trinajstić information content (AvgIpc) is 2.51. The van der Waals surface area contributed by atoms with Crippen molar-refractivity contribution in [2.24, 2.45) is 0 Å². The van der Waals surface area contributed by atoms with Crippen molar-refractivity contribution in [3.05, 3.63) is 17.7 Å². The molecule has 0 spiro atoms. The van der Waals surface area contributed by atoms with Crippen molar-refractivity contribution < 1.29 is 19.3 Å². The van der Waals surface area contributed by atoms with Crippen LogP contribution in [0.1, 0.15) is 31.2 Å². The van der Waals surface area contributed by atoms with Gasteiger partial charge >= 0.3 is 0 Å². The van der Waals surface area contributed by atoms with Gasteiger partial charge in [0.1, 0.15) is 0 Å². The van der Waals surface area contributed by atoms with E-state index < -0.39 is 0 Å². The number of aliphatic hydroxyl groups is 1. The van der Waals surface area contributed by atoms with Gasteiger partial charge in [0.25, 0.3) is 0 Å². The molecule has 5 heteroatoms. The van der Waals surface area contributed by atoms with Gasteiger partial charge in [-0.15, -0.1) is 0 Å². The molecule has 2 atom stereocenters. The van der Waals surface area contributed by atoms with E-state index in [9.17, 15) is 5.11 Å². The SMILES string of the molecule is COc1cc(CNC2CCCC(O)C2)cc(OC)c1OC. The van der Waals surface area contributed by atoms with Gasteiger partial charge in [-0.1, -0.05) is 0 Å². The molecule has 2 unspecified atom stereocenters. The molecule has 2 rings (SSSR count). The third kappa shape index (κ3) is 4.02. The van der Waals surface area contributed by atoms with Crippen LogP contribution < -0.4 is 19.5 Å². The standard InChI is InChI=1S/C16H25NO4/c1-19-14-7-11(8-15(20-2)16(14)21-3)10-17-12-5-4-6-13(18)9-12/h7-8,12-13,17-18H,4-6,9-10H2,1-3H3. The first kappa shape index (κ1) is 15.9. The van der Waals surface area contributed by atoms with Crippen molar-refractivity contribution >= 4 is 0 Å². The van der Waals surface area contributed by atoms with Crippen LogP contribution in [-0.2, 0) is 6.54 Å². The third-order valence-electron chi connectivity index (χ3n) is 3.97. The van der Waals surface area contributed by atoms with Gasteiger partial charge in [0, 0.05) is 12.6 Å². The predicted molar refractivity (Wildman–Crippen MR) is 81.2 cm³/mol. The van der Waals surface area contributed by atoms with E-state index in [4.69, 9.17) is 14.2 Å². The van der Waals surface area contributed by atoms with E-state index in [-0.39, 0.29) is 6.10 Å². The minimum Gasteiger partial charge on any atom is -0.493 e. The molecule has 1 aliphatic rings. The maximum absolute atomic E-state index is 9.71. The molecule has 0 aromatic heterocycles. The Bertz CT molecular complexity index is 439. The summed E-state index contributed by atoms with van der Waals surface area (Å²) in [5.41, 5.74) is 1.07. The Labute approximate surface area is 126 Å². The van der Waals surface area contributed by atoms with Gasteiger partial charge in [-0.2, -0.15) is 0 Å². The minimum absolute atomic E-state index is 0.170. The van der Waals surface area contributed by atoms with Gasteiger partial charge in [0.15, 0.2) is 11.5 Å². The average molecular weight is 295 g/mol. The van der Waals surface area contributed by atoms with Crippen LogP contribution in [0.4, 0.5) is 0 Å². The molecule has 5 nitrogen and oxygen atoms in total. The lowest BCUT2D eigenvalue weighted by atomic mass is 9.93. The van der Waals surface area contributed by atoms with Gasteiger partial charge in [-0.3, -0.25) is 0 Å². The van der Waals surface area contributed by atoms with Crippen LogP contribution in [0.2, 0.25) is 0 Å². The zero-order chi connectivity index (χ0) is 15.2. The Morgan fingerprint density at radius 2 is 1.76 bits per heavy atom. The van der Waals surface area contributed by atoms with Gasteiger partial charge in [0.05, 0.1) is 27.4 Å². The topological polar surface area (TPSA) is 60.0 Å². The number of ether oxygens (including phenoxy) is 3. The maximum atomic E-state index is 9.71. The number of benzene rings is 1. The highest BCUT2D eigenvalue weighted by Gasteiger charge is 2.20. The second-order valence-electron chi connectivity index (χ2n) is 5.43. The number of methoxy groups -OCH3 is 3. The molecular formula is C16H25NO4. The molecule has 0 bridgehead atoms. The van der Waals surface area contributed by atoms with Crippen molar-refractivity contribution in [1.82, 2.24) is 5.32 Å². The highest BCUT2D eigenvalue weighted by atomic mass is 16.5. The second kappa shape index (κ2) is 7.52. The summed E-state index contributed by atoms with van der Waals surface area (Å²) in [6.07, 6.45) is 3.76. The van der Waals surface area contributed by atoms with E-state index in [1.54, 1.807) is 21.3 Å². The molecule has 118 valence electrons. The maximum Gasteiger partial charge on any atom is 0.203 e. The van der Waals surface area contributed by atoms with Crippen LogP contribution >= 0.6 is 0 Å². The summed E-state index contributed by atoms with van der Waals surface area (Å²) in [6, 6.07) is 4.27. The van der Waals surface area contributed by atoms with Crippen molar-refractivity contribution in [3.63, 3.8) is 0 Å². The van der Waals surface area contributed by atoms with Gasteiger partial charge in [-0.05, 0) is 43.4 Å². The van der Waals surface area contributed by atoms with Crippen LogP contribution in [0.5, 0.6) is 17.2 Å². The Morgan fingerprint density at radius 1 is 1.10 bits per heavy atom. The van der Waals surface area contributed by atoms with Gasteiger partial charge < -0.3 is 24.6 Å². The molecule has 21 heavy (non-hydrogen) atoms. The number of rotatable bonds is 6. The van der Waals surface area contributed by atoms with Crippen molar-refractivity contribution in [3.8, 4) is 17.2 Å². The summed E-state index contributed by atoms with van der Waals surface area (Å²) in [5.74, 6) is 1.94. The third-order valence-corrected chi connectivity index (χ3v) is 3.97. The molecule has 1 aromatic rings. The predicted octanol–water partition coefficient (Wildman–Crippen LogP) is 2.11. The van der Waals surface area contributed by atoms with Crippen molar-refractivity contribution in [2.75, 3.05) is 21.3 Å². The lowest BCUT2D eigenvalue weighted by molar-refractivity contribution is 0.111. The largest absolute Gasteiger partial charge is 0.493 e. The van der Waals surface area contributed by atoms with Crippen molar-refractivity contribution in [2.45, 2.75) is 44.4 Å². The van der Waals surface area contributed by atoms with Crippen molar-refractivity contribution in [1.29, 1.82) is 0 Å². The zero-order valence-corrected chi connectivity index (χ0v) is 13.0. The first-order valence-electron chi connectivity index (χ1n) is 7.38. The normalized spacial score (nSPS) is 21.9.